The van der Waals surface area contributed by atoms with Gasteiger partial charge in [-0.25, -0.2) is 18.2 Å². The van der Waals surface area contributed by atoms with Gasteiger partial charge >= 0.3 is 0 Å². The highest BCUT2D eigenvalue weighted by molar-refractivity contribution is 5.96. The number of nitrogens with zero attached hydrogens (tertiary/aromatic N) is 2. The summed E-state index contributed by atoms with van der Waals surface area (Å²) in [6.45, 7) is 3.46. The van der Waals surface area contributed by atoms with Crippen LogP contribution in [0.5, 0.6) is 0 Å². The number of halogens is 3. The highest BCUT2D eigenvalue weighted by atomic mass is 19.1. The summed E-state index contributed by atoms with van der Waals surface area (Å²) in [5.41, 5.74) is 6.80. The molecule has 0 unspecified atom stereocenters. The van der Waals surface area contributed by atoms with Crippen LogP contribution in [0.1, 0.15) is 52.9 Å². The Morgan fingerprint density at radius 3 is 2.50 bits per heavy atom. The summed E-state index contributed by atoms with van der Waals surface area (Å²) in [5.74, 6) is -3.21. The molecule has 1 aliphatic carbocycles. The second kappa shape index (κ2) is 9.64. The minimum atomic E-state index is -0.951. The van der Waals surface area contributed by atoms with E-state index in [-0.39, 0.29) is 30.0 Å². The molecule has 0 bridgehead atoms. The van der Waals surface area contributed by atoms with Gasteiger partial charge in [-0.05, 0) is 78.6 Å². The number of rotatable bonds is 5. The van der Waals surface area contributed by atoms with Crippen LogP contribution in [-0.4, -0.2) is 33.0 Å². The Bertz CT molecular complexity index is 1200. The zero-order chi connectivity index (χ0) is 24.6. The first-order valence-electron chi connectivity index (χ1n) is 11.2. The Labute approximate surface area is 195 Å². The van der Waals surface area contributed by atoms with Crippen molar-refractivity contribution in [2.75, 3.05) is 0 Å². The predicted octanol–water partition coefficient (Wildman–Crippen LogP) is 4.50. The number of ketones is 1. The summed E-state index contributed by atoms with van der Waals surface area (Å²) in [4.78, 5) is 21.2. The fraction of sp³-hybridized carbons (Fsp3) is 0.346. The molecule has 8 heteroatoms. The number of Topliss-reactive ketones (excluding diaryl/α,β-unsaturated/α-hetero) is 1. The Morgan fingerprint density at radius 2 is 1.82 bits per heavy atom. The number of aryl methyl sites for hydroxylation is 1. The van der Waals surface area contributed by atoms with Crippen LogP contribution < -0.4 is 5.73 Å². The van der Waals surface area contributed by atoms with Crippen LogP contribution in [0.25, 0.3) is 11.3 Å². The van der Waals surface area contributed by atoms with E-state index in [1.54, 1.807) is 12.4 Å². The smallest absolute Gasteiger partial charge is 0.185 e. The van der Waals surface area contributed by atoms with E-state index in [1.165, 1.54) is 13.0 Å². The molecule has 5 nitrogen and oxygen atoms in total. The van der Waals surface area contributed by atoms with E-state index in [4.69, 9.17) is 5.73 Å². The lowest BCUT2D eigenvalue weighted by Crippen LogP contribution is -2.44. The molecule has 4 rings (SSSR count). The summed E-state index contributed by atoms with van der Waals surface area (Å²) in [6.07, 6.45) is 3.88. The SMILES string of the molecule is Cc1cc(F)c(-c2nc(C(=O)Cc3cnccc3[C@H]3C[C@@H](N)[C@@H](O)[C@@H](C)C3)ccc2F)c(F)c1. The van der Waals surface area contributed by atoms with Crippen molar-refractivity contribution in [3.63, 3.8) is 0 Å². The highest BCUT2D eigenvalue weighted by Crippen LogP contribution is 2.37. The van der Waals surface area contributed by atoms with Crippen molar-refractivity contribution in [3.8, 4) is 11.3 Å². The molecule has 0 aliphatic heterocycles. The van der Waals surface area contributed by atoms with Crippen molar-refractivity contribution in [1.29, 1.82) is 0 Å². The van der Waals surface area contributed by atoms with Gasteiger partial charge in [0.2, 0.25) is 0 Å². The molecule has 0 radical (unpaired) electrons. The number of pyridine rings is 2. The molecule has 2 heterocycles. The van der Waals surface area contributed by atoms with Crippen molar-refractivity contribution in [3.05, 3.63) is 82.6 Å². The molecule has 2 aromatic heterocycles. The number of nitrogens with two attached hydrogens (primary N) is 1. The molecule has 4 atom stereocenters. The maximum Gasteiger partial charge on any atom is 0.185 e. The fourth-order valence-corrected chi connectivity index (χ4v) is 4.77. The number of aliphatic hydroxyl groups excluding tert-OH is 1. The lowest BCUT2D eigenvalue weighted by Gasteiger charge is -2.36. The number of hydrogen-bond donors (Lipinski definition) is 2. The van der Waals surface area contributed by atoms with Gasteiger partial charge in [0.25, 0.3) is 0 Å². The van der Waals surface area contributed by atoms with Crippen LogP contribution >= 0.6 is 0 Å². The Morgan fingerprint density at radius 1 is 1.12 bits per heavy atom. The average molecular weight is 470 g/mol. The largest absolute Gasteiger partial charge is 0.391 e. The van der Waals surface area contributed by atoms with E-state index >= 15 is 0 Å². The molecule has 3 N–H and O–H groups in total. The summed E-state index contributed by atoms with van der Waals surface area (Å²) >= 11 is 0. The van der Waals surface area contributed by atoms with Crippen molar-refractivity contribution in [2.24, 2.45) is 11.7 Å². The summed E-state index contributed by atoms with van der Waals surface area (Å²) in [6, 6.07) is 5.83. The third kappa shape index (κ3) is 4.74. The van der Waals surface area contributed by atoms with Gasteiger partial charge in [-0.1, -0.05) is 6.92 Å². The van der Waals surface area contributed by atoms with Crippen LogP contribution in [-0.2, 0) is 6.42 Å². The van der Waals surface area contributed by atoms with Gasteiger partial charge in [-0.2, -0.15) is 0 Å². The zero-order valence-electron chi connectivity index (χ0n) is 18.9. The quantitative estimate of drug-likeness (QED) is 0.538. The van der Waals surface area contributed by atoms with E-state index in [9.17, 15) is 23.1 Å². The molecule has 1 aliphatic rings. The number of carbonyl (C=O) groups is 1. The van der Waals surface area contributed by atoms with Gasteiger partial charge < -0.3 is 10.8 Å². The average Bonchev–Trinajstić information content (AvgIpc) is 2.78. The minimum Gasteiger partial charge on any atom is -0.391 e. The van der Waals surface area contributed by atoms with Crippen LogP contribution in [0, 0.1) is 30.3 Å². The first kappa shape index (κ1) is 24.0. The molecule has 3 aromatic rings. The second-order valence-corrected chi connectivity index (χ2v) is 9.10. The number of aromatic nitrogens is 2. The van der Waals surface area contributed by atoms with Gasteiger partial charge in [0.15, 0.2) is 5.78 Å². The monoisotopic (exact) mass is 469 g/mol. The number of aliphatic hydroxyl groups is 1. The lowest BCUT2D eigenvalue weighted by atomic mass is 9.74. The molecule has 0 amide bonds. The summed E-state index contributed by atoms with van der Waals surface area (Å²) in [5, 5.41) is 10.2. The topological polar surface area (TPSA) is 89.1 Å². The first-order chi connectivity index (χ1) is 16.2. The lowest BCUT2D eigenvalue weighted by molar-refractivity contribution is 0.0519. The van der Waals surface area contributed by atoms with Crippen molar-refractivity contribution < 1.29 is 23.1 Å². The minimum absolute atomic E-state index is 0.00564. The molecule has 1 fully saturated rings. The molecule has 1 saturated carbocycles. The van der Waals surface area contributed by atoms with E-state index < -0.39 is 40.6 Å². The molecule has 0 spiro atoms. The number of hydrogen-bond acceptors (Lipinski definition) is 5. The molecule has 1 aromatic carbocycles. The van der Waals surface area contributed by atoms with E-state index in [2.05, 4.69) is 9.97 Å². The van der Waals surface area contributed by atoms with Crippen LogP contribution in [0.15, 0.2) is 42.7 Å². The summed E-state index contributed by atoms with van der Waals surface area (Å²) in [7, 11) is 0. The van der Waals surface area contributed by atoms with Crippen LogP contribution in [0.4, 0.5) is 13.2 Å². The van der Waals surface area contributed by atoms with Gasteiger partial charge in [-0.15, -0.1) is 0 Å². The molecule has 178 valence electrons. The Kier molecular flexibility index (Phi) is 6.81. The van der Waals surface area contributed by atoms with Gasteiger partial charge in [0, 0.05) is 24.9 Å². The van der Waals surface area contributed by atoms with Crippen LogP contribution in [0.3, 0.4) is 0 Å². The Hall–Kier alpha value is -3.10. The van der Waals surface area contributed by atoms with Gasteiger partial charge in [-0.3, -0.25) is 9.78 Å². The van der Waals surface area contributed by atoms with E-state index in [0.717, 1.165) is 23.8 Å². The van der Waals surface area contributed by atoms with E-state index in [0.29, 0.717) is 24.0 Å². The van der Waals surface area contributed by atoms with Crippen molar-refractivity contribution >= 4 is 5.78 Å². The Balaban J connectivity index is 1.64. The third-order valence-electron chi connectivity index (χ3n) is 6.52. The normalized spacial score (nSPS) is 22.6. The fourth-order valence-electron chi connectivity index (χ4n) is 4.77. The van der Waals surface area contributed by atoms with Crippen molar-refractivity contribution in [1.82, 2.24) is 9.97 Å². The molecular formula is C26H26F3N3O2. The zero-order valence-corrected chi connectivity index (χ0v) is 18.9. The summed E-state index contributed by atoms with van der Waals surface area (Å²) < 4.78 is 43.3. The third-order valence-corrected chi connectivity index (χ3v) is 6.52. The van der Waals surface area contributed by atoms with Crippen LogP contribution in [0.2, 0.25) is 0 Å². The maximum absolute atomic E-state index is 14.5. The number of benzene rings is 1. The molecular weight excluding hydrogens is 443 g/mol. The molecule has 34 heavy (non-hydrogen) atoms. The standard InChI is InChI=1S/C26H26F3N3O2/c1-13-7-19(28)24(20(29)8-13)25-18(27)3-4-22(32-25)23(33)11-16-12-31-6-5-17(16)15-9-14(2)26(34)21(30)10-15/h3-8,12,14-15,21,26,34H,9-11,30H2,1-2H3/t14-,15+,21+,26-/m0/s1. The van der Waals surface area contributed by atoms with Gasteiger partial charge in [0.05, 0.1) is 11.7 Å². The highest BCUT2D eigenvalue weighted by Gasteiger charge is 2.34. The van der Waals surface area contributed by atoms with E-state index in [1.807, 2.05) is 13.0 Å². The molecule has 0 saturated heterocycles. The second-order valence-electron chi connectivity index (χ2n) is 9.10. The van der Waals surface area contributed by atoms with Gasteiger partial charge in [0.1, 0.15) is 28.8 Å². The van der Waals surface area contributed by atoms with Crippen molar-refractivity contribution in [2.45, 2.75) is 51.2 Å². The maximum atomic E-state index is 14.5. The first-order valence-corrected chi connectivity index (χ1v) is 11.2. The number of carbonyl (C=O) groups excluding carboxylic acids is 1. The predicted molar refractivity (Wildman–Crippen MR) is 122 cm³/mol.